The van der Waals surface area contributed by atoms with Gasteiger partial charge in [-0.1, -0.05) is 11.6 Å². The summed E-state index contributed by atoms with van der Waals surface area (Å²) in [4.78, 5) is 32.1. The molecule has 42 heavy (non-hydrogen) atoms. The lowest BCUT2D eigenvalue weighted by atomic mass is 9.88. The summed E-state index contributed by atoms with van der Waals surface area (Å²) >= 11 is 6.73. The predicted molar refractivity (Wildman–Crippen MR) is 158 cm³/mol. The molecule has 3 heterocycles. The van der Waals surface area contributed by atoms with Crippen LogP contribution in [0.4, 0.5) is 24.8 Å². The van der Waals surface area contributed by atoms with E-state index in [1.807, 2.05) is 21.0 Å². The molecule has 3 aromatic rings. The van der Waals surface area contributed by atoms with E-state index in [0.717, 1.165) is 55.5 Å². The van der Waals surface area contributed by atoms with Gasteiger partial charge in [-0.2, -0.15) is 13.2 Å². The summed E-state index contributed by atoms with van der Waals surface area (Å²) in [7, 11) is 4.02. The number of nitrogens with zero attached hydrogens (tertiary/aromatic N) is 5. The quantitative estimate of drug-likeness (QED) is 0.146. The zero-order valence-corrected chi connectivity index (χ0v) is 24.8. The van der Waals surface area contributed by atoms with Crippen molar-refractivity contribution in [2.24, 2.45) is 0 Å². The van der Waals surface area contributed by atoms with Gasteiger partial charge >= 0.3 is 6.18 Å². The van der Waals surface area contributed by atoms with Gasteiger partial charge < -0.3 is 26.3 Å². The van der Waals surface area contributed by atoms with E-state index in [1.54, 1.807) is 0 Å². The zero-order valence-electron chi connectivity index (χ0n) is 23.3. The first-order valence-electron chi connectivity index (χ1n) is 13.2. The predicted octanol–water partition coefficient (Wildman–Crippen LogP) is 5.86. The van der Waals surface area contributed by atoms with Gasteiger partial charge in [0.15, 0.2) is 0 Å². The lowest BCUT2D eigenvalue weighted by Gasteiger charge is -2.26. The molecule has 3 aromatic heterocycles. The van der Waals surface area contributed by atoms with Gasteiger partial charge in [0, 0.05) is 19.0 Å². The van der Waals surface area contributed by atoms with Crippen LogP contribution in [-0.4, -0.2) is 64.1 Å². The van der Waals surface area contributed by atoms with E-state index in [9.17, 15) is 18.0 Å². The average molecular weight is 622 g/mol. The summed E-state index contributed by atoms with van der Waals surface area (Å²) in [5.41, 5.74) is 2.07. The van der Waals surface area contributed by atoms with E-state index in [-0.39, 0.29) is 16.7 Å². The number of rotatable bonds is 12. The van der Waals surface area contributed by atoms with E-state index in [0.29, 0.717) is 34.7 Å². The van der Waals surface area contributed by atoms with Crippen LogP contribution in [0.15, 0.2) is 30.4 Å². The Morgan fingerprint density at radius 3 is 2.62 bits per heavy atom. The number of nitrogens with one attached hydrogen (secondary N) is 4. The van der Waals surface area contributed by atoms with Crippen LogP contribution in [0.1, 0.15) is 70.1 Å². The van der Waals surface area contributed by atoms with Gasteiger partial charge in [-0.15, -0.1) is 11.3 Å². The van der Waals surface area contributed by atoms with Gasteiger partial charge in [0.2, 0.25) is 0 Å². The van der Waals surface area contributed by atoms with Gasteiger partial charge in [-0.3, -0.25) is 4.79 Å². The van der Waals surface area contributed by atoms with Crippen molar-refractivity contribution in [3.63, 3.8) is 0 Å². The fourth-order valence-corrected chi connectivity index (χ4v) is 5.22. The maximum Gasteiger partial charge on any atom is 0.418 e. The van der Waals surface area contributed by atoms with Crippen LogP contribution < -0.4 is 16.0 Å². The van der Waals surface area contributed by atoms with E-state index in [1.165, 1.54) is 24.3 Å². The number of amides is 1. The second-order valence-electron chi connectivity index (χ2n) is 9.97. The molecule has 1 aliphatic carbocycles. The number of hydrogen-bond donors (Lipinski definition) is 4. The molecule has 0 aliphatic heterocycles. The highest BCUT2D eigenvalue weighted by Gasteiger charge is 2.34. The molecule has 224 valence electrons. The maximum atomic E-state index is 13.2. The highest BCUT2D eigenvalue weighted by atomic mass is 35.5. The Bertz CT molecular complexity index is 1470. The summed E-state index contributed by atoms with van der Waals surface area (Å²) in [6, 6.07) is 0.354. The van der Waals surface area contributed by atoms with E-state index < -0.39 is 22.7 Å². The van der Waals surface area contributed by atoms with Gasteiger partial charge in [-0.05, 0) is 64.9 Å². The second kappa shape index (κ2) is 13.6. The van der Waals surface area contributed by atoms with Crippen LogP contribution in [0.5, 0.6) is 0 Å². The van der Waals surface area contributed by atoms with Crippen LogP contribution in [0, 0.1) is 5.41 Å². The van der Waals surface area contributed by atoms with Crippen molar-refractivity contribution in [2.45, 2.75) is 44.8 Å². The van der Waals surface area contributed by atoms with E-state index in [2.05, 4.69) is 40.8 Å². The Labute approximate surface area is 250 Å². The SMILES string of the molecule is CC(NC(=C1CCC1)c1ncnc(NCCCN(C)C)c1C=N)c1ncc(C(=O)Nc2cc(C(F)(F)F)c(Cl)cn2)s1. The molecule has 15 heteroatoms. The molecule has 1 atom stereocenters. The molecule has 1 fully saturated rings. The molecule has 10 nitrogen and oxygen atoms in total. The normalized spacial score (nSPS) is 13.9. The minimum Gasteiger partial charge on any atom is -0.374 e. The first kappa shape index (κ1) is 31.3. The number of carbonyl (C=O) groups excluding carboxylic acids is 1. The van der Waals surface area contributed by atoms with Crippen molar-refractivity contribution in [3.05, 3.63) is 62.1 Å². The molecule has 4 N–H and O–H groups in total. The molecule has 1 aliphatic rings. The van der Waals surface area contributed by atoms with Crippen molar-refractivity contribution in [3.8, 4) is 0 Å². The molecule has 1 unspecified atom stereocenters. The molecule has 0 saturated heterocycles. The minimum atomic E-state index is -4.69. The molecular weight excluding hydrogens is 591 g/mol. The number of anilines is 2. The highest BCUT2D eigenvalue weighted by molar-refractivity contribution is 7.13. The second-order valence-corrected chi connectivity index (χ2v) is 11.4. The van der Waals surface area contributed by atoms with Crippen LogP contribution in [0.3, 0.4) is 0 Å². The topological polar surface area (TPSA) is 132 Å². The third kappa shape index (κ3) is 7.61. The summed E-state index contributed by atoms with van der Waals surface area (Å²) < 4.78 is 39.6. The van der Waals surface area contributed by atoms with Gasteiger partial charge in [0.25, 0.3) is 5.91 Å². The molecule has 0 radical (unpaired) electrons. The number of alkyl halides is 3. The van der Waals surface area contributed by atoms with Crippen LogP contribution >= 0.6 is 22.9 Å². The number of carbonyl (C=O) groups is 1. The third-order valence-corrected chi connectivity index (χ3v) is 8.01. The van der Waals surface area contributed by atoms with E-state index >= 15 is 0 Å². The van der Waals surface area contributed by atoms with Gasteiger partial charge in [-0.25, -0.2) is 19.9 Å². The molecule has 4 rings (SSSR count). The minimum absolute atomic E-state index is 0.202. The number of thiazole rings is 1. The average Bonchev–Trinajstić information content (AvgIpc) is 3.41. The highest BCUT2D eigenvalue weighted by Crippen LogP contribution is 2.36. The Balaban J connectivity index is 1.50. The lowest BCUT2D eigenvalue weighted by molar-refractivity contribution is -0.137. The largest absolute Gasteiger partial charge is 0.418 e. The smallest absolute Gasteiger partial charge is 0.374 e. The lowest BCUT2D eigenvalue weighted by Crippen LogP contribution is -2.23. The van der Waals surface area contributed by atoms with E-state index in [4.69, 9.17) is 17.0 Å². The summed E-state index contributed by atoms with van der Waals surface area (Å²) in [6.45, 7) is 3.50. The molecule has 0 aromatic carbocycles. The standard InChI is InChI=1S/C27H31ClF3N9OS/c1-15(26-35-13-20(42-26)25(41)39-21-10-18(27(29,30)31)19(28)12-34-21)38-22(16-6-4-7-16)23-17(11-32)24(37-14-36-23)33-8-5-9-40(2)3/h10-15,32,38H,4-9H2,1-3H3,(H,33,36,37)(H,34,39,41). The monoisotopic (exact) mass is 621 g/mol. The summed E-state index contributed by atoms with van der Waals surface area (Å²) in [5, 5.41) is 17.3. The van der Waals surface area contributed by atoms with Crippen molar-refractivity contribution in [1.82, 2.24) is 30.2 Å². The van der Waals surface area contributed by atoms with Crippen molar-refractivity contribution >= 4 is 52.4 Å². The van der Waals surface area contributed by atoms with Gasteiger partial charge in [0.1, 0.15) is 33.5 Å². The third-order valence-electron chi connectivity index (χ3n) is 6.53. The maximum absolute atomic E-state index is 13.2. The molecule has 1 saturated carbocycles. The Morgan fingerprint density at radius 1 is 1.21 bits per heavy atom. The Kier molecular flexibility index (Phi) is 10.1. The van der Waals surface area contributed by atoms with Crippen molar-refractivity contribution < 1.29 is 18.0 Å². The summed E-state index contributed by atoms with van der Waals surface area (Å²) in [6.07, 6.45) is 3.99. The van der Waals surface area contributed by atoms with Crippen molar-refractivity contribution in [1.29, 1.82) is 5.41 Å². The van der Waals surface area contributed by atoms with Crippen LogP contribution in [0.2, 0.25) is 5.02 Å². The molecular formula is C27H31ClF3N9OS. The summed E-state index contributed by atoms with van der Waals surface area (Å²) in [5.74, 6) is -0.333. The molecule has 1 amide bonds. The fourth-order valence-electron chi connectivity index (χ4n) is 4.19. The molecule has 0 bridgehead atoms. The first-order chi connectivity index (χ1) is 20.0. The number of allylic oxidation sites excluding steroid dienone is 1. The zero-order chi connectivity index (χ0) is 30.4. The van der Waals surface area contributed by atoms with Crippen LogP contribution in [-0.2, 0) is 6.18 Å². The van der Waals surface area contributed by atoms with Crippen molar-refractivity contribution in [2.75, 3.05) is 37.8 Å². The van der Waals surface area contributed by atoms with Crippen LogP contribution in [0.25, 0.3) is 5.70 Å². The van der Waals surface area contributed by atoms with Gasteiger partial charge in [0.05, 0.1) is 34.1 Å². The fraction of sp³-hybridized carbons (Fsp3) is 0.407. The molecule has 0 spiro atoms. The Hall–Kier alpha value is -3.62. The number of pyridine rings is 1. The Morgan fingerprint density at radius 2 is 1.98 bits per heavy atom. The number of aromatic nitrogens is 4. The number of halogens is 4. The first-order valence-corrected chi connectivity index (χ1v) is 14.4. The number of hydrogen-bond acceptors (Lipinski definition) is 10.